The van der Waals surface area contributed by atoms with E-state index < -0.39 is 0 Å². The van der Waals surface area contributed by atoms with Crippen LogP contribution in [0.1, 0.15) is 5.56 Å². The first-order valence-electron chi connectivity index (χ1n) is 6.74. The van der Waals surface area contributed by atoms with Gasteiger partial charge in [0.15, 0.2) is 0 Å². The lowest BCUT2D eigenvalue weighted by Gasteiger charge is -2.06. The lowest BCUT2D eigenvalue weighted by Crippen LogP contribution is -2.14. The number of hydrogen-bond donors (Lipinski definition) is 2. The fourth-order valence-electron chi connectivity index (χ4n) is 2.27. The van der Waals surface area contributed by atoms with E-state index >= 15 is 0 Å². The number of anilines is 1. The van der Waals surface area contributed by atoms with E-state index in [0.29, 0.717) is 6.42 Å². The zero-order chi connectivity index (χ0) is 14.7. The van der Waals surface area contributed by atoms with Crippen molar-refractivity contribution < 1.29 is 9.53 Å². The molecule has 0 aliphatic rings. The number of ether oxygens (including phenoxy) is 1. The molecule has 1 heterocycles. The highest BCUT2D eigenvalue weighted by Gasteiger charge is 2.05. The predicted octanol–water partition coefficient (Wildman–Crippen LogP) is 3.36. The van der Waals surface area contributed by atoms with Gasteiger partial charge in [0.2, 0.25) is 5.91 Å². The second-order valence-corrected chi connectivity index (χ2v) is 4.85. The zero-order valence-electron chi connectivity index (χ0n) is 11.7. The van der Waals surface area contributed by atoms with Crippen molar-refractivity contribution in [3.8, 4) is 5.75 Å². The minimum atomic E-state index is -0.0360. The van der Waals surface area contributed by atoms with Crippen molar-refractivity contribution in [1.82, 2.24) is 4.98 Å². The second-order valence-electron chi connectivity index (χ2n) is 4.85. The zero-order valence-corrected chi connectivity index (χ0v) is 11.7. The van der Waals surface area contributed by atoms with Gasteiger partial charge >= 0.3 is 0 Å². The third kappa shape index (κ3) is 3.05. The van der Waals surface area contributed by atoms with E-state index in [0.717, 1.165) is 27.9 Å². The Balaban J connectivity index is 1.67. The van der Waals surface area contributed by atoms with Crippen LogP contribution in [0, 0.1) is 0 Å². The molecule has 0 saturated carbocycles. The van der Waals surface area contributed by atoms with Crippen molar-refractivity contribution in [2.24, 2.45) is 0 Å². The number of carbonyl (C=O) groups is 1. The average Bonchev–Trinajstić information content (AvgIpc) is 2.95. The van der Waals surface area contributed by atoms with E-state index in [1.807, 2.05) is 54.7 Å². The van der Waals surface area contributed by atoms with Crippen molar-refractivity contribution in [2.75, 3.05) is 12.4 Å². The molecule has 4 heteroatoms. The minimum Gasteiger partial charge on any atom is -0.497 e. The van der Waals surface area contributed by atoms with Gasteiger partial charge in [-0.3, -0.25) is 4.79 Å². The highest BCUT2D eigenvalue weighted by Crippen LogP contribution is 2.17. The molecule has 106 valence electrons. The number of carbonyl (C=O) groups excluding carboxylic acids is 1. The lowest BCUT2D eigenvalue weighted by molar-refractivity contribution is -0.115. The topological polar surface area (TPSA) is 54.1 Å². The van der Waals surface area contributed by atoms with Gasteiger partial charge in [0, 0.05) is 17.4 Å². The van der Waals surface area contributed by atoms with Crippen LogP contribution in [0.3, 0.4) is 0 Å². The van der Waals surface area contributed by atoms with Crippen molar-refractivity contribution in [3.63, 3.8) is 0 Å². The van der Waals surface area contributed by atoms with Gasteiger partial charge in [-0.05, 0) is 47.3 Å². The summed E-state index contributed by atoms with van der Waals surface area (Å²) in [5.41, 5.74) is 2.79. The lowest BCUT2D eigenvalue weighted by atomic mass is 10.1. The van der Waals surface area contributed by atoms with Crippen molar-refractivity contribution in [1.29, 1.82) is 0 Å². The number of methoxy groups -OCH3 is 1. The quantitative estimate of drug-likeness (QED) is 0.770. The van der Waals surface area contributed by atoms with Gasteiger partial charge in [-0.15, -0.1) is 0 Å². The molecule has 1 aromatic heterocycles. The fourth-order valence-corrected chi connectivity index (χ4v) is 2.27. The molecular formula is C17H16N2O2. The Labute approximate surface area is 122 Å². The van der Waals surface area contributed by atoms with Crippen LogP contribution in [0.5, 0.6) is 5.75 Å². The highest BCUT2D eigenvalue weighted by atomic mass is 16.5. The van der Waals surface area contributed by atoms with Crippen molar-refractivity contribution >= 4 is 22.5 Å². The maximum absolute atomic E-state index is 12.1. The standard InChI is InChI=1S/C17H16N2O2/c1-21-15-6-4-14(5-7-15)19-17(20)11-12-2-3-13-8-9-18-16(13)10-12/h2-10,18H,11H2,1H3,(H,19,20). The molecule has 0 aliphatic heterocycles. The number of nitrogens with one attached hydrogen (secondary N) is 2. The summed E-state index contributed by atoms with van der Waals surface area (Å²) >= 11 is 0. The smallest absolute Gasteiger partial charge is 0.228 e. The monoisotopic (exact) mass is 280 g/mol. The summed E-state index contributed by atoms with van der Waals surface area (Å²) in [5.74, 6) is 0.733. The molecule has 2 aromatic carbocycles. The highest BCUT2D eigenvalue weighted by molar-refractivity contribution is 5.93. The number of aromatic nitrogens is 1. The third-order valence-corrected chi connectivity index (χ3v) is 3.36. The molecule has 0 aliphatic carbocycles. The number of hydrogen-bond acceptors (Lipinski definition) is 2. The number of rotatable bonds is 4. The van der Waals surface area contributed by atoms with E-state index in [1.165, 1.54) is 0 Å². The first kappa shape index (κ1) is 13.2. The molecule has 21 heavy (non-hydrogen) atoms. The van der Waals surface area contributed by atoms with Crippen LogP contribution in [-0.4, -0.2) is 18.0 Å². The van der Waals surface area contributed by atoms with E-state index in [9.17, 15) is 4.79 Å². The van der Waals surface area contributed by atoms with Crippen molar-refractivity contribution in [3.05, 3.63) is 60.3 Å². The van der Waals surface area contributed by atoms with Crippen LogP contribution in [0.15, 0.2) is 54.7 Å². The maximum atomic E-state index is 12.1. The number of aromatic amines is 1. The Morgan fingerprint density at radius 1 is 1.14 bits per heavy atom. The maximum Gasteiger partial charge on any atom is 0.228 e. The number of amides is 1. The van der Waals surface area contributed by atoms with E-state index in [4.69, 9.17) is 4.74 Å². The van der Waals surface area contributed by atoms with Gasteiger partial charge in [0.25, 0.3) is 0 Å². The molecule has 4 nitrogen and oxygen atoms in total. The van der Waals surface area contributed by atoms with Crippen LogP contribution in [0.4, 0.5) is 5.69 Å². The molecule has 0 fully saturated rings. The van der Waals surface area contributed by atoms with Crippen LogP contribution < -0.4 is 10.1 Å². The Morgan fingerprint density at radius 3 is 2.71 bits per heavy atom. The van der Waals surface area contributed by atoms with Gasteiger partial charge in [0.1, 0.15) is 5.75 Å². The molecule has 2 N–H and O–H groups in total. The van der Waals surface area contributed by atoms with E-state index in [1.54, 1.807) is 7.11 Å². The molecule has 3 rings (SSSR count). The fraction of sp³-hybridized carbons (Fsp3) is 0.118. The first-order valence-corrected chi connectivity index (χ1v) is 6.74. The summed E-state index contributed by atoms with van der Waals surface area (Å²) in [6, 6.07) is 15.3. The van der Waals surface area contributed by atoms with Crippen LogP contribution in [0.25, 0.3) is 10.9 Å². The number of fused-ring (bicyclic) bond motifs is 1. The molecule has 3 aromatic rings. The molecule has 0 saturated heterocycles. The van der Waals surface area contributed by atoms with Gasteiger partial charge in [-0.1, -0.05) is 12.1 Å². The van der Waals surface area contributed by atoms with Crippen molar-refractivity contribution in [2.45, 2.75) is 6.42 Å². The Morgan fingerprint density at radius 2 is 1.95 bits per heavy atom. The van der Waals surface area contributed by atoms with Gasteiger partial charge in [-0.25, -0.2) is 0 Å². The number of H-pyrrole nitrogens is 1. The summed E-state index contributed by atoms with van der Waals surface area (Å²) < 4.78 is 5.09. The van der Waals surface area contributed by atoms with Gasteiger partial charge in [0.05, 0.1) is 13.5 Å². The molecule has 0 spiro atoms. The van der Waals surface area contributed by atoms with Crippen LogP contribution in [-0.2, 0) is 11.2 Å². The normalized spacial score (nSPS) is 10.5. The van der Waals surface area contributed by atoms with Gasteiger partial charge < -0.3 is 15.0 Å². The average molecular weight is 280 g/mol. The second kappa shape index (κ2) is 5.71. The third-order valence-electron chi connectivity index (χ3n) is 3.36. The Hall–Kier alpha value is -2.75. The summed E-state index contributed by atoms with van der Waals surface area (Å²) in [5, 5.41) is 4.03. The Bertz CT molecular complexity index is 760. The van der Waals surface area contributed by atoms with Crippen LogP contribution >= 0.6 is 0 Å². The molecule has 0 radical (unpaired) electrons. The molecule has 0 bridgehead atoms. The van der Waals surface area contributed by atoms with E-state index in [2.05, 4.69) is 10.3 Å². The van der Waals surface area contributed by atoms with Gasteiger partial charge in [-0.2, -0.15) is 0 Å². The summed E-state index contributed by atoms with van der Waals surface area (Å²) in [7, 11) is 1.62. The SMILES string of the molecule is COc1ccc(NC(=O)Cc2ccc3cc[nH]c3c2)cc1. The van der Waals surface area contributed by atoms with E-state index in [-0.39, 0.29) is 5.91 Å². The van der Waals surface area contributed by atoms with Crippen LogP contribution in [0.2, 0.25) is 0 Å². The minimum absolute atomic E-state index is 0.0360. The molecule has 1 amide bonds. The Kier molecular flexibility index (Phi) is 3.60. The summed E-state index contributed by atoms with van der Waals surface area (Å²) in [4.78, 5) is 15.2. The molecule has 0 unspecified atom stereocenters. The summed E-state index contributed by atoms with van der Waals surface area (Å²) in [6.07, 6.45) is 2.24. The largest absolute Gasteiger partial charge is 0.497 e. The molecule has 0 atom stereocenters. The predicted molar refractivity (Wildman–Crippen MR) is 83.6 cm³/mol. The first-order chi connectivity index (χ1) is 10.2. The number of benzene rings is 2. The molecular weight excluding hydrogens is 264 g/mol. The summed E-state index contributed by atoms with van der Waals surface area (Å²) in [6.45, 7) is 0.